The van der Waals surface area contributed by atoms with E-state index in [9.17, 15) is 0 Å². The van der Waals surface area contributed by atoms with E-state index in [2.05, 4.69) is 56.9 Å². The zero-order chi connectivity index (χ0) is 13.1. The Labute approximate surface area is 108 Å². The van der Waals surface area contributed by atoms with E-state index in [0.29, 0.717) is 17.5 Å². The maximum atomic E-state index is 3.42. The highest BCUT2D eigenvalue weighted by Crippen LogP contribution is 2.27. The first-order valence-electron chi connectivity index (χ1n) is 6.93. The fraction of sp³-hybridized carbons (Fsp3) is 1.00. The molecule has 0 saturated carbocycles. The predicted octanol–water partition coefficient (Wildman–Crippen LogP) is 1.65. The minimum atomic E-state index is 0.353. The van der Waals surface area contributed by atoms with Crippen molar-refractivity contribution in [1.29, 1.82) is 0 Å². The summed E-state index contributed by atoms with van der Waals surface area (Å²) in [4.78, 5) is 5.01. The second-order valence-corrected chi connectivity index (χ2v) is 6.72. The molecular weight excluding hydrogens is 210 g/mol. The molecule has 3 heteroatoms. The van der Waals surface area contributed by atoms with Crippen molar-refractivity contribution in [1.82, 2.24) is 15.1 Å². The van der Waals surface area contributed by atoms with Gasteiger partial charge in [0.15, 0.2) is 0 Å². The molecule has 0 aromatic heterocycles. The summed E-state index contributed by atoms with van der Waals surface area (Å²) in [6.07, 6.45) is 1.26. The third-order valence-corrected chi connectivity index (χ3v) is 3.96. The highest BCUT2D eigenvalue weighted by atomic mass is 15.2. The molecule has 1 rings (SSSR count). The van der Waals surface area contributed by atoms with Crippen LogP contribution in [-0.2, 0) is 0 Å². The van der Waals surface area contributed by atoms with Crippen LogP contribution in [0.25, 0.3) is 0 Å². The average molecular weight is 241 g/mol. The van der Waals surface area contributed by atoms with Crippen LogP contribution in [0.4, 0.5) is 0 Å². The Hall–Kier alpha value is -0.120. The SMILES string of the molecule is CC(CC(N(C)C)C(C)(C)C)N1CCNCC1. The van der Waals surface area contributed by atoms with Crippen LogP contribution in [0, 0.1) is 5.41 Å². The Morgan fingerprint density at radius 3 is 2.12 bits per heavy atom. The maximum absolute atomic E-state index is 3.42. The number of piperazine rings is 1. The van der Waals surface area contributed by atoms with Crippen molar-refractivity contribution in [2.45, 2.75) is 46.2 Å². The number of nitrogens with zero attached hydrogens (tertiary/aromatic N) is 2. The molecule has 0 spiro atoms. The summed E-state index contributed by atoms with van der Waals surface area (Å²) in [6.45, 7) is 14.1. The van der Waals surface area contributed by atoms with Gasteiger partial charge in [0.05, 0.1) is 0 Å². The summed E-state index contributed by atoms with van der Waals surface area (Å²) in [7, 11) is 4.42. The van der Waals surface area contributed by atoms with Crippen LogP contribution in [0.1, 0.15) is 34.1 Å². The second-order valence-electron chi connectivity index (χ2n) is 6.72. The molecule has 3 nitrogen and oxygen atoms in total. The smallest absolute Gasteiger partial charge is 0.0152 e. The van der Waals surface area contributed by atoms with Gasteiger partial charge in [-0.2, -0.15) is 0 Å². The van der Waals surface area contributed by atoms with E-state index in [1.54, 1.807) is 0 Å². The predicted molar refractivity (Wildman–Crippen MR) is 75.5 cm³/mol. The van der Waals surface area contributed by atoms with E-state index in [1.165, 1.54) is 19.5 Å². The van der Waals surface area contributed by atoms with Crippen molar-refractivity contribution in [2.24, 2.45) is 5.41 Å². The Kier molecular flexibility index (Phi) is 5.42. The molecule has 1 saturated heterocycles. The number of rotatable bonds is 4. The molecule has 1 aliphatic heterocycles. The van der Waals surface area contributed by atoms with Crippen LogP contribution in [0.5, 0.6) is 0 Å². The molecule has 17 heavy (non-hydrogen) atoms. The lowest BCUT2D eigenvalue weighted by Crippen LogP contribution is -2.50. The molecule has 0 bridgehead atoms. The maximum Gasteiger partial charge on any atom is 0.0152 e. The minimum absolute atomic E-state index is 0.353. The molecule has 102 valence electrons. The summed E-state index contributed by atoms with van der Waals surface area (Å²) in [5.41, 5.74) is 0.353. The van der Waals surface area contributed by atoms with Crippen molar-refractivity contribution in [3.63, 3.8) is 0 Å². The minimum Gasteiger partial charge on any atom is -0.314 e. The van der Waals surface area contributed by atoms with E-state index in [4.69, 9.17) is 0 Å². The zero-order valence-electron chi connectivity index (χ0n) is 12.6. The molecular formula is C14H31N3. The molecule has 1 N–H and O–H groups in total. The summed E-state index contributed by atoms with van der Waals surface area (Å²) in [6, 6.07) is 1.33. The zero-order valence-corrected chi connectivity index (χ0v) is 12.6. The van der Waals surface area contributed by atoms with Gasteiger partial charge in [0.1, 0.15) is 0 Å². The summed E-state index contributed by atoms with van der Waals surface area (Å²) in [5, 5.41) is 3.42. The van der Waals surface area contributed by atoms with Crippen LogP contribution >= 0.6 is 0 Å². The van der Waals surface area contributed by atoms with Crippen LogP contribution in [0.3, 0.4) is 0 Å². The van der Waals surface area contributed by atoms with Gasteiger partial charge in [-0.3, -0.25) is 4.90 Å². The largest absolute Gasteiger partial charge is 0.314 e. The van der Waals surface area contributed by atoms with Gasteiger partial charge in [0, 0.05) is 38.3 Å². The molecule has 1 heterocycles. The van der Waals surface area contributed by atoms with Crippen molar-refractivity contribution < 1.29 is 0 Å². The fourth-order valence-electron chi connectivity index (χ4n) is 2.93. The second kappa shape index (κ2) is 6.17. The lowest BCUT2D eigenvalue weighted by Gasteiger charge is -2.41. The van der Waals surface area contributed by atoms with Gasteiger partial charge in [0.25, 0.3) is 0 Å². The molecule has 2 atom stereocenters. The lowest BCUT2D eigenvalue weighted by atomic mass is 9.82. The Bertz CT molecular complexity index is 214. The molecule has 0 radical (unpaired) electrons. The molecule has 1 aliphatic rings. The molecule has 0 aromatic rings. The van der Waals surface area contributed by atoms with Crippen molar-refractivity contribution in [3.05, 3.63) is 0 Å². The highest BCUT2D eigenvalue weighted by molar-refractivity contribution is 4.85. The number of nitrogens with one attached hydrogen (secondary N) is 1. The van der Waals surface area contributed by atoms with E-state index >= 15 is 0 Å². The van der Waals surface area contributed by atoms with Gasteiger partial charge < -0.3 is 10.2 Å². The molecule has 0 aliphatic carbocycles. The molecule has 0 amide bonds. The van der Waals surface area contributed by atoms with Crippen molar-refractivity contribution in [3.8, 4) is 0 Å². The average Bonchev–Trinajstić information content (AvgIpc) is 2.24. The summed E-state index contributed by atoms with van der Waals surface area (Å²) in [5.74, 6) is 0. The quantitative estimate of drug-likeness (QED) is 0.807. The molecule has 0 aromatic carbocycles. The molecule has 1 fully saturated rings. The van der Waals surface area contributed by atoms with Gasteiger partial charge in [-0.05, 0) is 32.9 Å². The highest BCUT2D eigenvalue weighted by Gasteiger charge is 2.29. The van der Waals surface area contributed by atoms with E-state index in [-0.39, 0.29) is 0 Å². The van der Waals surface area contributed by atoms with E-state index in [0.717, 1.165) is 13.1 Å². The van der Waals surface area contributed by atoms with Gasteiger partial charge in [0.2, 0.25) is 0 Å². The van der Waals surface area contributed by atoms with Crippen LogP contribution in [-0.4, -0.2) is 62.2 Å². The number of hydrogen-bond donors (Lipinski definition) is 1. The van der Waals surface area contributed by atoms with E-state index < -0.39 is 0 Å². The van der Waals surface area contributed by atoms with Crippen molar-refractivity contribution in [2.75, 3.05) is 40.3 Å². The van der Waals surface area contributed by atoms with E-state index in [1.807, 2.05) is 0 Å². The van der Waals surface area contributed by atoms with Gasteiger partial charge >= 0.3 is 0 Å². The van der Waals surface area contributed by atoms with Crippen LogP contribution in [0.15, 0.2) is 0 Å². The third-order valence-electron chi connectivity index (χ3n) is 3.96. The Morgan fingerprint density at radius 1 is 1.18 bits per heavy atom. The fourth-order valence-corrected chi connectivity index (χ4v) is 2.93. The standard InChI is InChI=1S/C14H31N3/c1-12(17-9-7-15-8-10-17)11-13(16(5)6)14(2,3)4/h12-13,15H,7-11H2,1-6H3. The Balaban J connectivity index is 2.54. The normalized spacial score (nSPS) is 22.8. The monoisotopic (exact) mass is 241 g/mol. The molecule has 2 unspecified atom stereocenters. The first-order chi connectivity index (χ1) is 7.82. The van der Waals surface area contributed by atoms with Gasteiger partial charge in [-0.25, -0.2) is 0 Å². The Morgan fingerprint density at radius 2 is 1.71 bits per heavy atom. The lowest BCUT2D eigenvalue weighted by molar-refractivity contribution is 0.0908. The van der Waals surface area contributed by atoms with Gasteiger partial charge in [-0.15, -0.1) is 0 Å². The number of hydrogen-bond acceptors (Lipinski definition) is 3. The van der Waals surface area contributed by atoms with Crippen LogP contribution < -0.4 is 5.32 Å². The first kappa shape index (κ1) is 14.9. The topological polar surface area (TPSA) is 18.5 Å². The first-order valence-corrected chi connectivity index (χ1v) is 6.93. The summed E-state index contributed by atoms with van der Waals surface area (Å²) >= 11 is 0. The third kappa shape index (κ3) is 4.57. The van der Waals surface area contributed by atoms with Crippen LogP contribution in [0.2, 0.25) is 0 Å². The van der Waals surface area contributed by atoms with Gasteiger partial charge in [-0.1, -0.05) is 20.8 Å². The van der Waals surface area contributed by atoms with Crippen molar-refractivity contribution >= 4 is 0 Å². The summed E-state index contributed by atoms with van der Waals surface area (Å²) < 4.78 is 0.